The fraction of sp³-hybridized carbons (Fsp3) is 0.200. The van der Waals surface area contributed by atoms with Crippen LogP contribution in [0.4, 0.5) is 0 Å². The van der Waals surface area contributed by atoms with Gasteiger partial charge in [0.25, 0.3) is 5.91 Å². The number of hydrogen-bond donors (Lipinski definition) is 1. The van der Waals surface area contributed by atoms with Gasteiger partial charge >= 0.3 is 0 Å². The van der Waals surface area contributed by atoms with Crippen molar-refractivity contribution >= 4 is 28.5 Å². The average Bonchev–Trinajstić information content (AvgIpc) is 3.08. The summed E-state index contributed by atoms with van der Waals surface area (Å²) in [6.07, 6.45) is 0.823. The van der Waals surface area contributed by atoms with Gasteiger partial charge in [0, 0.05) is 10.6 Å². The third-order valence-electron chi connectivity index (χ3n) is 5.40. The van der Waals surface area contributed by atoms with Crippen LogP contribution in [0.3, 0.4) is 0 Å². The molecular weight excluding hydrogens is 394 g/mol. The second-order valence-corrected chi connectivity index (χ2v) is 7.79. The van der Waals surface area contributed by atoms with Crippen LogP contribution in [0.25, 0.3) is 11.0 Å². The second kappa shape index (κ2) is 8.72. The van der Waals surface area contributed by atoms with Crippen LogP contribution >= 0.6 is 11.6 Å². The summed E-state index contributed by atoms with van der Waals surface area (Å²) >= 11 is 6.34. The Hall–Kier alpha value is -3.11. The van der Waals surface area contributed by atoms with E-state index in [1.807, 2.05) is 79.7 Å². The molecule has 30 heavy (non-hydrogen) atoms. The molecule has 0 saturated carbocycles. The van der Waals surface area contributed by atoms with Crippen LogP contribution in [0.5, 0.6) is 0 Å². The summed E-state index contributed by atoms with van der Waals surface area (Å²) in [6, 6.07) is 23.5. The van der Waals surface area contributed by atoms with E-state index in [0.717, 1.165) is 39.4 Å². The molecule has 1 heterocycles. The van der Waals surface area contributed by atoms with Crippen LogP contribution in [-0.4, -0.2) is 15.5 Å². The molecule has 0 bridgehead atoms. The molecule has 0 aliphatic heterocycles. The van der Waals surface area contributed by atoms with Crippen LogP contribution < -0.4 is 5.32 Å². The number of imidazole rings is 1. The molecule has 1 aromatic heterocycles. The van der Waals surface area contributed by atoms with E-state index in [2.05, 4.69) is 21.8 Å². The average molecular weight is 418 g/mol. The van der Waals surface area contributed by atoms with Gasteiger partial charge in [0.2, 0.25) is 0 Å². The number of carbonyl (C=O) groups excluding carboxylic acids is 1. The Balaban J connectivity index is 1.59. The van der Waals surface area contributed by atoms with Crippen molar-refractivity contribution in [1.29, 1.82) is 0 Å². The highest BCUT2D eigenvalue weighted by molar-refractivity contribution is 6.31. The smallest absolute Gasteiger partial charge is 0.251 e. The van der Waals surface area contributed by atoms with E-state index in [9.17, 15) is 4.79 Å². The lowest BCUT2D eigenvalue weighted by Crippen LogP contribution is -2.28. The first-order valence-corrected chi connectivity index (χ1v) is 10.5. The standard InChI is InChI=1S/C25H24ClN3O/c1-3-22(18-9-5-4-6-10-18)28-25(30)19-13-14-24-23(15-19)27-17(2)29(24)16-20-11-7-8-12-21(20)26/h4-15,22H,3,16H2,1-2H3,(H,28,30)/t22-/m1/s1. The maximum atomic E-state index is 12.9. The Bertz CT molecular complexity index is 1180. The number of amides is 1. The highest BCUT2D eigenvalue weighted by Crippen LogP contribution is 2.23. The third-order valence-corrected chi connectivity index (χ3v) is 5.77. The Morgan fingerprint density at radius 1 is 1.07 bits per heavy atom. The highest BCUT2D eigenvalue weighted by atomic mass is 35.5. The van der Waals surface area contributed by atoms with Gasteiger partial charge in [0.05, 0.1) is 23.6 Å². The van der Waals surface area contributed by atoms with E-state index in [0.29, 0.717) is 12.1 Å². The van der Waals surface area contributed by atoms with Crippen LogP contribution in [0.15, 0.2) is 72.8 Å². The van der Waals surface area contributed by atoms with Crippen molar-refractivity contribution in [2.24, 2.45) is 0 Å². The Labute approximate surface area is 181 Å². The molecule has 1 atom stereocenters. The molecule has 1 N–H and O–H groups in total. The molecule has 5 heteroatoms. The highest BCUT2D eigenvalue weighted by Gasteiger charge is 2.16. The van der Waals surface area contributed by atoms with Crippen molar-refractivity contribution in [1.82, 2.24) is 14.9 Å². The van der Waals surface area contributed by atoms with Gasteiger partial charge in [-0.2, -0.15) is 0 Å². The molecule has 0 radical (unpaired) electrons. The number of nitrogens with zero attached hydrogens (tertiary/aromatic N) is 2. The lowest BCUT2D eigenvalue weighted by Gasteiger charge is -2.17. The molecule has 0 spiro atoms. The zero-order valence-corrected chi connectivity index (χ0v) is 17.9. The summed E-state index contributed by atoms with van der Waals surface area (Å²) in [5.74, 6) is 0.795. The van der Waals surface area contributed by atoms with E-state index in [1.54, 1.807) is 0 Å². The van der Waals surface area contributed by atoms with Gasteiger partial charge in [-0.1, -0.05) is 67.1 Å². The summed E-state index contributed by atoms with van der Waals surface area (Å²) in [5.41, 5.74) is 4.55. The first kappa shape index (κ1) is 20.2. The second-order valence-electron chi connectivity index (χ2n) is 7.39. The summed E-state index contributed by atoms with van der Waals surface area (Å²) in [6.45, 7) is 4.68. The molecule has 0 fully saturated rings. The van der Waals surface area contributed by atoms with Crippen LogP contribution in [0.2, 0.25) is 5.02 Å². The lowest BCUT2D eigenvalue weighted by molar-refractivity contribution is 0.0935. The number of benzene rings is 3. The van der Waals surface area contributed by atoms with E-state index in [4.69, 9.17) is 11.6 Å². The molecule has 0 unspecified atom stereocenters. The summed E-state index contributed by atoms with van der Waals surface area (Å²) in [7, 11) is 0. The number of hydrogen-bond acceptors (Lipinski definition) is 2. The largest absolute Gasteiger partial charge is 0.345 e. The number of rotatable bonds is 6. The minimum Gasteiger partial charge on any atom is -0.345 e. The van der Waals surface area contributed by atoms with E-state index >= 15 is 0 Å². The number of nitrogens with one attached hydrogen (secondary N) is 1. The molecule has 152 valence electrons. The number of carbonyl (C=O) groups is 1. The van der Waals surface area contributed by atoms with Crippen molar-refractivity contribution in [3.8, 4) is 0 Å². The monoisotopic (exact) mass is 417 g/mol. The minimum atomic E-state index is -0.0918. The fourth-order valence-electron chi connectivity index (χ4n) is 3.74. The maximum Gasteiger partial charge on any atom is 0.251 e. The van der Waals surface area contributed by atoms with Crippen LogP contribution in [0, 0.1) is 6.92 Å². The lowest BCUT2D eigenvalue weighted by atomic mass is 10.0. The van der Waals surface area contributed by atoms with Gasteiger partial charge in [-0.05, 0) is 48.7 Å². The van der Waals surface area contributed by atoms with Crippen molar-refractivity contribution < 1.29 is 4.79 Å². The molecule has 1 amide bonds. The molecule has 4 aromatic rings. The number of halogens is 1. The first-order valence-electron chi connectivity index (χ1n) is 10.1. The predicted molar refractivity (Wildman–Crippen MR) is 122 cm³/mol. The quantitative estimate of drug-likeness (QED) is 0.422. The molecule has 4 rings (SSSR count). The summed E-state index contributed by atoms with van der Waals surface area (Å²) < 4.78 is 2.12. The first-order chi connectivity index (χ1) is 14.6. The Morgan fingerprint density at radius 2 is 1.80 bits per heavy atom. The minimum absolute atomic E-state index is 0.0195. The number of aromatic nitrogens is 2. The summed E-state index contributed by atoms with van der Waals surface area (Å²) in [5, 5.41) is 3.88. The van der Waals surface area contributed by atoms with Gasteiger partial charge in [-0.15, -0.1) is 0 Å². The molecule has 4 nitrogen and oxygen atoms in total. The van der Waals surface area contributed by atoms with Gasteiger partial charge in [-0.3, -0.25) is 4.79 Å². The van der Waals surface area contributed by atoms with Gasteiger partial charge in [0.15, 0.2) is 0 Å². The zero-order valence-electron chi connectivity index (χ0n) is 17.1. The normalized spacial score (nSPS) is 12.1. The van der Waals surface area contributed by atoms with E-state index < -0.39 is 0 Å². The maximum absolute atomic E-state index is 12.9. The SMILES string of the molecule is CC[C@@H](NC(=O)c1ccc2c(c1)nc(C)n2Cc1ccccc1Cl)c1ccccc1. The predicted octanol–water partition coefficient (Wildman–Crippen LogP) is 5.93. The Kier molecular flexibility index (Phi) is 5.86. The molecule has 0 aliphatic rings. The van der Waals surface area contributed by atoms with Crippen molar-refractivity contribution in [3.05, 3.63) is 100 Å². The fourth-order valence-corrected chi connectivity index (χ4v) is 3.93. The molecule has 3 aromatic carbocycles. The molecule has 0 aliphatic carbocycles. The van der Waals surface area contributed by atoms with E-state index in [-0.39, 0.29) is 11.9 Å². The van der Waals surface area contributed by atoms with Crippen molar-refractivity contribution in [3.63, 3.8) is 0 Å². The van der Waals surface area contributed by atoms with Gasteiger partial charge in [0.1, 0.15) is 5.82 Å². The number of aryl methyl sites for hydroxylation is 1. The van der Waals surface area contributed by atoms with Gasteiger partial charge in [-0.25, -0.2) is 4.98 Å². The molecular formula is C25H24ClN3O. The molecule has 0 saturated heterocycles. The van der Waals surface area contributed by atoms with E-state index in [1.165, 1.54) is 0 Å². The summed E-state index contributed by atoms with van der Waals surface area (Å²) in [4.78, 5) is 17.6. The zero-order chi connectivity index (χ0) is 21.1. The third kappa shape index (κ3) is 4.10. The van der Waals surface area contributed by atoms with Gasteiger partial charge < -0.3 is 9.88 Å². The number of fused-ring (bicyclic) bond motifs is 1. The van der Waals surface area contributed by atoms with Crippen molar-refractivity contribution in [2.75, 3.05) is 0 Å². The topological polar surface area (TPSA) is 46.9 Å². The van der Waals surface area contributed by atoms with Crippen LogP contribution in [0.1, 0.15) is 46.7 Å². The Morgan fingerprint density at radius 3 is 2.53 bits per heavy atom. The van der Waals surface area contributed by atoms with Crippen molar-refractivity contribution in [2.45, 2.75) is 32.9 Å². The van der Waals surface area contributed by atoms with Crippen LogP contribution in [-0.2, 0) is 6.54 Å².